The van der Waals surface area contributed by atoms with Crippen molar-refractivity contribution in [2.45, 2.75) is 70.4 Å². The second-order valence-corrected chi connectivity index (χ2v) is 10.7. The number of aromatic nitrogens is 1. The lowest BCUT2D eigenvalue weighted by molar-refractivity contribution is -0.137. The molecule has 1 aromatic carbocycles. The number of nitrogens with zero attached hydrogens (tertiary/aromatic N) is 1. The van der Waals surface area contributed by atoms with E-state index in [1.165, 1.54) is 12.3 Å². The van der Waals surface area contributed by atoms with Gasteiger partial charge in [0.15, 0.2) is 5.78 Å². The maximum Gasteiger partial charge on any atom is 0.303 e. The van der Waals surface area contributed by atoms with Crippen LogP contribution >= 0.6 is 0 Å². The number of alkyl halides is 1. The minimum atomic E-state index is -1.01. The van der Waals surface area contributed by atoms with Gasteiger partial charge in [0.05, 0.1) is 6.20 Å². The highest BCUT2D eigenvalue weighted by molar-refractivity contribution is 5.96. The molecule has 1 N–H and O–H groups in total. The van der Waals surface area contributed by atoms with Gasteiger partial charge in [-0.15, -0.1) is 0 Å². The first-order valence-corrected chi connectivity index (χ1v) is 12.6. The standard InChI is InChI=1S/C29H31F2NO3/c1-29-14-25(31)28-21-8-7-18(26(33)4-2-3-5-27(34)35)12-17(21)6-9-22(28)24(29)11-10-23(29)19-13-20(30)16-32-15-19/h7-8,10,12-13,15-16,22,24-25,28H,2-6,9,11,14H2,1H3,(H,34,35)/t22-,24-,25-,28+,29+/m0/s1. The summed E-state index contributed by atoms with van der Waals surface area (Å²) in [6, 6.07) is 7.20. The number of unbranched alkanes of at least 4 members (excludes halogenated alkanes) is 1. The third-order valence-electron chi connectivity index (χ3n) is 8.63. The van der Waals surface area contributed by atoms with Crippen LogP contribution in [0.1, 0.15) is 84.8 Å². The van der Waals surface area contributed by atoms with Gasteiger partial charge in [0.1, 0.15) is 12.0 Å². The summed E-state index contributed by atoms with van der Waals surface area (Å²) < 4.78 is 29.8. The number of pyridine rings is 1. The highest BCUT2D eigenvalue weighted by Gasteiger charge is 2.55. The third-order valence-corrected chi connectivity index (χ3v) is 8.63. The van der Waals surface area contributed by atoms with Crippen LogP contribution in [-0.2, 0) is 11.2 Å². The van der Waals surface area contributed by atoms with Gasteiger partial charge in [-0.1, -0.05) is 25.1 Å². The Hall–Kier alpha value is -2.89. The number of aryl methyl sites for hydroxylation is 1. The van der Waals surface area contributed by atoms with Crippen LogP contribution in [0.3, 0.4) is 0 Å². The molecule has 6 heteroatoms. The lowest BCUT2D eigenvalue weighted by Crippen LogP contribution is -2.46. The van der Waals surface area contributed by atoms with E-state index in [-0.39, 0.29) is 35.3 Å². The number of rotatable bonds is 7. The average Bonchev–Trinajstić information content (AvgIpc) is 3.17. The van der Waals surface area contributed by atoms with Gasteiger partial charge < -0.3 is 5.11 Å². The Morgan fingerprint density at radius 2 is 1.97 bits per heavy atom. The Labute approximate surface area is 204 Å². The van der Waals surface area contributed by atoms with E-state index < -0.39 is 12.1 Å². The molecule has 4 nitrogen and oxygen atoms in total. The van der Waals surface area contributed by atoms with E-state index in [9.17, 15) is 14.0 Å². The quantitative estimate of drug-likeness (QED) is 0.361. The van der Waals surface area contributed by atoms with Crippen molar-refractivity contribution >= 4 is 17.3 Å². The Kier molecular flexibility index (Phi) is 6.32. The molecule has 5 atom stereocenters. The van der Waals surface area contributed by atoms with Gasteiger partial charge >= 0.3 is 5.97 Å². The second-order valence-electron chi connectivity index (χ2n) is 10.7. The Morgan fingerprint density at radius 1 is 1.17 bits per heavy atom. The van der Waals surface area contributed by atoms with E-state index in [0.717, 1.165) is 41.5 Å². The van der Waals surface area contributed by atoms with Gasteiger partial charge in [-0.2, -0.15) is 0 Å². The van der Waals surface area contributed by atoms with Crippen LogP contribution in [-0.4, -0.2) is 28.0 Å². The topological polar surface area (TPSA) is 67.3 Å². The number of hydrogen-bond acceptors (Lipinski definition) is 3. The molecule has 0 amide bonds. The molecule has 1 aromatic heterocycles. The van der Waals surface area contributed by atoms with Crippen LogP contribution in [0.2, 0.25) is 0 Å². The summed E-state index contributed by atoms with van der Waals surface area (Å²) in [5, 5.41) is 8.76. The molecule has 0 saturated heterocycles. The molecule has 1 fully saturated rings. The van der Waals surface area contributed by atoms with Crippen LogP contribution in [0.4, 0.5) is 8.78 Å². The number of carbonyl (C=O) groups is 2. The fraction of sp³-hybridized carbons (Fsp3) is 0.483. The molecule has 2 aromatic rings. The van der Waals surface area contributed by atoms with Crippen LogP contribution in [0.5, 0.6) is 0 Å². The molecule has 3 aliphatic rings. The first-order valence-electron chi connectivity index (χ1n) is 12.6. The molecule has 0 radical (unpaired) electrons. The van der Waals surface area contributed by atoms with Crippen LogP contribution < -0.4 is 0 Å². The molecular weight excluding hydrogens is 448 g/mol. The predicted octanol–water partition coefficient (Wildman–Crippen LogP) is 6.55. The zero-order chi connectivity index (χ0) is 24.7. The molecule has 1 saturated carbocycles. The van der Waals surface area contributed by atoms with Gasteiger partial charge in [0, 0.05) is 30.5 Å². The summed E-state index contributed by atoms with van der Waals surface area (Å²) in [6.45, 7) is 2.13. The van der Waals surface area contributed by atoms with Crippen molar-refractivity contribution < 1.29 is 23.5 Å². The summed E-state index contributed by atoms with van der Waals surface area (Å²) in [6.07, 6.45) is 8.40. The average molecular weight is 480 g/mol. The normalized spacial score (nSPS) is 29.1. The van der Waals surface area contributed by atoms with Crippen molar-refractivity contribution in [3.63, 3.8) is 0 Å². The Morgan fingerprint density at radius 3 is 2.74 bits per heavy atom. The number of carboxylic acids is 1. The first kappa shape index (κ1) is 23.8. The molecule has 35 heavy (non-hydrogen) atoms. The van der Waals surface area contributed by atoms with Crippen molar-refractivity contribution in [2.75, 3.05) is 0 Å². The third kappa shape index (κ3) is 4.32. The van der Waals surface area contributed by atoms with E-state index in [2.05, 4.69) is 18.0 Å². The van der Waals surface area contributed by atoms with Crippen LogP contribution in [0.25, 0.3) is 5.57 Å². The Bertz CT molecular complexity index is 1190. The van der Waals surface area contributed by atoms with E-state index >= 15 is 4.39 Å². The van der Waals surface area contributed by atoms with E-state index in [4.69, 9.17) is 5.11 Å². The maximum atomic E-state index is 15.9. The number of carbonyl (C=O) groups excluding carboxylic acids is 1. The molecular formula is C29H31F2NO3. The summed E-state index contributed by atoms with van der Waals surface area (Å²) in [5.41, 5.74) is 4.15. The highest BCUT2D eigenvalue weighted by Crippen LogP contribution is 2.63. The fourth-order valence-corrected chi connectivity index (χ4v) is 7.06. The van der Waals surface area contributed by atoms with E-state index in [0.29, 0.717) is 37.2 Å². The minimum Gasteiger partial charge on any atom is -0.481 e. The molecule has 0 bridgehead atoms. The number of halogens is 2. The number of ketones is 1. The summed E-state index contributed by atoms with van der Waals surface area (Å²) in [5.74, 6) is -0.899. The Balaban J connectivity index is 1.35. The van der Waals surface area contributed by atoms with Crippen molar-refractivity contribution in [1.29, 1.82) is 0 Å². The largest absolute Gasteiger partial charge is 0.481 e. The number of aliphatic carboxylic acids is 1. The number of benzene rings is 1. The summed E-state index contributed by atoms with van der Waals surface area (Å²) in [7, 11) is 0. The van der Waals surface area contributed by atoms with Gasteiger partial charge in [-0.25, -0.2) is 8.78 Å². The first-order chi connectivity index (χ1) is 16.8. The number of hydrogen-bond donors (Lipinski definition) is 1. The van der Waals surface area contributed by atoms with Gasteiger partial charge in [-0.3, -0.25) is 14.6 Å². The minimum absolute atomic E-state index is 0.0154. The van der Waals surface area contributed by atoms with Crippen LogP contribution in [0.15, 0.2) is 42.7 Å². The molecule has 5 rings (SSSR count). The molecule has 184 valence electrons. The van der Waals surface area contributed by atoms with E-state index in [1.54, 1.807) is 6.20 Å². The smallest absolute Gasteiger partial charge is 0.303 e. The number of carboxylic acid groups (broad SMARTS) is 1. The molecule has 1 heterocycles. The van der Waals surface area contributed by atoms with Crippen molar-refractivity contribution in [3.05, 3.63) is 70.8 Å². The van der Waals surface area contributed by atoms with Crippen molar-refractivity contribution in [2.24, 2.45) is 17.3 Å². The van der Waals surface area contributed by atoms with Crippen molar-refractivity contribution in [3.8, 4) is 0 Å². The summed E-state index contributed by atoms with van der Waals surface area (Å²) in [4.78, 5) is 27.3. The zero-order valence-corrected chi connectivity index (χ0v) is 20.0. The number of Topliss-reactive ketones (excluding diaryl/α,β-unsaturated/α-hetero) is 1. The lowest BCUT2D eigenvalue weighted by Gasteiger charge is -2.51. The van der Waals surface area contributed by atoms with Gasteiger partial charge in [0.2, 0.25) is 0 Å². The van der Waals surface area contributed by atoms with Crippen molar-refractivity contribution in [1.82, 2.24) is 4.98 Å². The highest BCUT2D eigenvalue weighted by atomic mass is 19.1. The SMILES string of the molecule is C[C@]12C[C@H](F)[C@@H]3c4ccc(C(=O)CCCCC(=O)O)cc4CC[C@H]3[C@@H]1CC=C2c1cncc(F)c1. The van der Waals surface area contributed by atoms with Gasteiger partial charge in [-0.05, 0) is 90.2 Å². The predicted molar refractivity (Wildman–Crippen MR) is 129 cm³/mol. The molecule has 3 aliphatic carbocycles. The number of allylic oxidation sites excluding steroid dienone is 2. The second kappa shape index (κ2) is 9.29. The van der Waals surface area contributed by atoms with E-state index in [1.807, 2.05) is 18.2 Å². The monoisotopic (exact) mass is 479 g/mol. The molecule has 0 unspecified atom stereocenters. The summed E-state index contributed by atoms with van der Waals surface area (Å²) >= 11 is 0. The molecule has 0 spiro atoms. The molecule has 0 aliphatic heterocycles. The zero-order valence-electron chi connectivity index (χ0n) is 20.0. The van der Waals surface area contributed by atoms with Crippen LogP contribution in [0, 0.1) is 23.1 Å². The number of fused-ring (bicyclic) bond motifs is 5. The maximum absolute atomic E-state index is 15.9. The van der Waals surface area contributed by atoms with Gasteiger partial charge in [0.25, 0.3) is 0 Å². The lowest BCUT2D eigenvalue weighted by atomic mass is 9.53. The fourth-order valence-electron chi connectivity index (χ4n) is 7.06.